The number of hydrogen-bond acceptors (Lipinski definition) is 8. The van der Waals surface area contributed by atoms with Crippen LogP contribution in [-0.2, 0) is 35.1 Å². The van der Waals surface area contributed by atoms with Crippen LogP contribution in [0.4, 0.5) is 5.69 Å². The van der Waals surface area contributed by atoms with Crippen molar-refractivity contribution < 1.29 is 67.1 Å². The Morgan fingerprint density at radius 3 is 2.33 bits per heavy atom. The first-order chi connectivity index (χ1) is 12.3. The number of imide groups is 2. The molecule has 1 fully saturated rings. The van der Waals surface area contributed by atoms with Gasteiger partial charge in [-0.05, 0) is 29.3 Å². The van der Waals surface area contributed by atoms with Crippen LogP contribution in [0.25, 0.3) is 0 Å². The van der Waals surface area contributed by atoms with Crippen molar-refractivity contribution in [2.45, 2.75) is 11.7 Å². The van der Waals surface area contributed by atoms with Crippen LogP contribution in [-0.4, -0.2) is 48.7 Å². The van der Waals surface area contributed by atoms with Crippen molar-refractivity contribution in [2.75, 3.05) is 4.90 Å². The summed E-state index contributed by atoms with van der Waals surface area (Å²) in [5.74, 6) is -4.44. The number of anilines is 1. The zero-order chi connectivity index (χ0) is 19.0. The average molecular weight is 400 g/mol. The molecular formula is C15H9N2NaO8S. The average Bonchev–Trinajstić information content (AvgIpc) is 3.08. The first-order valence-corrected chi connectivity index (χ1v) is 8.26. The Bertz CT molecular complexity index is 897. The van der Waals surface area contributed by atoms with Gasteiger partial charge < -0.3 is 9.39 Å². The van der Waals surface area contributed by atoms with E-state index in [2.05, 4.69) is 0 Å². The van der Waals surface area contributed by atoms with Crippen molar-refractivity contribution in [3.63, 3.8) is 0 Å². The molecule has 1 aromatic carbocycles. The molecule has 2 atom stereocenters. The molecule has 0 spiro atoms. The number of carbonyl (C=O) groups excluding carboxylic acids is 5. The molecule has 0 aliphatic carbocycles. The summed E-state index contributed by atoms with van der Waals surface area (Å²) >= 11 is -2.83. The molecule has 10 nitrogen and oxygen atoms in total. The summed E-state index contributed by atoms with van der Waals surface area (Å²) in [6.45, 7) is 0. The Labute approximate surface area is 176 Å². The maximum Gasteiger partial charge on any atom is 1.00 e. The minimum absolute atomic E-state index is 0. The third-order valence-corrected chi connectivity index (χ3v) is 4.45. The molecule has 0 bridgehead atoms. The van der Waals surface area contributed by atoms with Crippen molar-refractivity contribution in [3.8, 4) is 0 Å². The molecule has 3 rings (SSSR count). The van der Waals surface area contributed by atoms with Gasteiger partial charge in [0.05, 0.1) is 17.7 Å². The maximum absolute atomic E-state index is 12.2. The first kappa shape index (κ1) is 21.1. The van der Waals surface area contributed by atoms with Gasteiger partial charge in [-0.2, -0.15) is 0 Å². The molecule has 0 saturated carbocycles. The number of nitrogens with zero attached hydrogens (tertiary/aromatic N) is 2. The molecule has 1 aromatic rings. The van der Waals surface area contributed by atoms with E-state index in [1.165, 1.54) is 24.3 Å². The summed E-state index contributed by atoms with van der Waals surface area (Å²) in [6.07, 6.45) is 1.51. The zero-order valence-corrected chi connectivity index (χ0v) is 16.6. The van der Waals surface area contributed by atoms with E-state index < -0.39 is 52.3 Å². The molecule has 0 N–H and O–H groups in total. The second kappa shape index (κ2) is 8.23. The van der Waals surface area contributed by atoms with Crippen LogP contribution in [0.3, 0.4) is 0 Å². The van der Waals surface area contributed by atoms with Gasteiger partial charge in [-0.3, -0.25) is 23.4 Å². The minimum Gasteiger partial charge on any atom is -0.772 e. The van der Waals surface area contributed by atoms with E-state index in [0.29, 0.717) is 0 Å². The summed E-state index contributed by atoms with van der Waals surface area (Å²) in [7, 11) is 0. The van der Waals surface area contributed by atoms with Gasteiger partial charge in [-0.1, -0.05) is 6.07 Å². The second-order valence-electron chi connectivity index (χ2n) is 5.25. The molecule has 0 radical (unpaired) electrons. The fourth-order valence-electron chi connectivity index (χ4n) is 2.39. The van der Waals surface area contributed by atoms with Crippen LogP contribution in [0.5, 0.6) is 0 Å². The van der Waals surface area contributed by atoms with Crippen LogP contribution in [0, 0.1) is 0 Å². The molecule has 1 saturated heterocycles. The quantitative estimate of drug-likeness (QED) is 0.285. The molecule has 12 heteroatoms. The standard InChI is InChI=1S/C15H10N2O8S.Na/c18-11-4-5-12(19)16(11)9-3-1-2-8(6-9)15(22)25-17-13(20)7-10(14(17)21)26(23)24;/h1-6,10H,7H2,(H,23,24);/q;+1/p-1. The van der Waals surface area contributed by atoms with Gasteiger partial charge in [0.1, 0.15) is 5.25 Å². The van der Waals surface area contributed by atoms with Gasteiger partial charge in [0.25, 0.3) is 23.6 Å². The van der Waals surface area contributed by atoms with Crippen molar-refractivity contribution in [3.05, 3.63) is 42.0 Å². The Hall–Kier alpha value is -2.18. The van der Waals surface area contributed by atoms with E-state index in [1.807, 2.05) is 0 Å². The van der Waals surface area contributed by atoms with Gasteiger partial charge in [-0.15, -0.1) is 5.06 Å². The first-order valence-electron chi connectivity index (χ1n) is 7.13. The number of amides is 4. The number of hydrogen-bond donors (Lipinski definition) is 0. The van der Waals surface area contributed by atoms with E-state index in [-0.39, 0.29) is 45.9 Å². The van der Waals surface area contributed by atoms with Crippen LogP contribution >= 0.6 is 0 Å². The predicted molar refractivity (Wildman–Crippen MR) is 82.7 cm³/mol. The largest absolute Gasteiger partial charge is 1.00 e. The molecule has 2 heterocycles. The van der Waals surface area contributed by atoms with Crippen molar-refractivity contribution >= 4 is 46.4 Å². The molecule has 134 valence electrons. The second-order valence-corrected chi connectivity index (χ2v) is 6.34. The van der Waals surface area contributed by atoms with Crippen LogP contribution in [0.1, 0.15) is 16.8 Å². The van der Waals surface area contributed by atoms with Gasteiger partial charge in [-0.25, -0.2) is 9.69 Å². The van der Waals surface area contributed by atoms with Crippen LogP contribution in [0.2, 0.25) is 0 Å². The SMILES string of the molecule is O=C(ON1C(=O)CC(S(=O)[O-])C1=O)c1cccc(N2C(=O)C=CC2=O)c1.[Na+]. The fraction of sp³-hybridized carbons (Fsp3) is 0.133. The minimum atomic E-state index is -2.83. The van der Waals surface area contributed by atoms with E-state index in [0.717, 1.165) is 17.1 Å². The number of rotatable bonds is 4. The summed E-state index contributed by atoms with van der Waals surface area (Å²) in [5.41, 5.74) is -0.0561. The molecule has 2 aliphatic heterocycles. The molecule has 2 aliphatic rings. The molecular weight excluding hydrogens is 391 g/mol. The number of hydroxylamine groups is 2. The molecule has 0 aromatic heterocycles. The van der Waals surface area contributed by atoms with Crippen molar-refractivity contribution in [1.82, 2.24) is 5.06 Å². The van der Waals surface area contributed by atoms with Gasteiger partial charge in [0.2, 0.25) is 0 Å². The smallest absolute Gasteiger partial charge is 0.772 e. The van der Waals surface area contributed by atoms with Crippen LogP contribution < -0.4 is 34.5 Å². The van der Waals surface area contributed by atoms with Gasteiger partial charge in [0, 0.05) is 12.2 Å². The zero-order valence-electron chi connectivity index (χ0n) is 13.8. The Balaban J connectivity index is 0.00000261. The van der Waals surface area contributed by atoms with E-state index in [1.54, 1.807) is 0 Å². The number of benzene rings is 1. The Morgan fingerprint density at radius 1 is 1.15 bits per heavy atom. The van der Waals surface area contributed by atoms with Crippen molar-refractivity contribution in [1.29, 1.82) is 0 Å². The molecule has 2 unspecified atom stereocenters. The van der Waals surface area contributed by atoms with Gasteiger partial charge >= 0.3 is 35.5 Å². The predicted octanol–water partition coefficient (Wildman–Crippen LogP) is -3.80. The monoisotopic (exact) mass is 400 g/mol. The summed E-state index contributed by atoms with van der Waals surface area (Å²) in [5, 5.41) is -1.50. The summed E-state index contributed by atoms with van der Waals surface area (Å²) in [6, 6.07) is 5.22. The van der Waals surface area contributed by atoms with E-state index >= 15 is 0 Å². The van der Waals surface area contributed by atoms with E-state index in [9.17, 15) is 32.7 Å². The molecule has 27 heavy (non-hydrogen) atoms. The normalized spacial score (nSPS) is 20.1. The summed E-state index contributed by atoms with van der Waals surface area (Å²) in [4.78, 5) is 64.5. The fourth-order valence-corrected chi connectivity index (χ4v) is 2.93. The van der Waals surface area contributed by atoms with Crippen molar-refractivity contribution in [2.24, 2.45) is 0 Å². The Morgan fingerprint density at radius 2 is 1.78 bits per heavy atom. The number of carbonyl (C=O) groups is 5. The Kier molecular flexibility index (Phi) is 6.44. The third-order valence-electron chi connectivity index (χ3n) is 3.62. The third kappa shape index (κ3) is 4.06. The maximum atomic E-state index is 12.2. The molecule has 4 amide bonds. The summed E-state index contributed by atoms with van der Waals surface area (Å²) < 4.78 is 21.8. The topological polar surface area (TPSA) is 141 Å². The van der Waals surface area contributed by atoms with Gasteiger partial charge in [0.15, 0.2) is 0 Å². The van der Waals surface area contributed by atoms with E-state index in [4.69, 9.17) is 4.84 Å². The van der Waals surface area contributed by atoms with Crippen LogP contribution in [0.15, 0.2) is 36.4 Å².